The number of pyridine rings is 1. The zero-order valence-electron chi connectivity index (χ0n) is 20.4. The molecule has 0 aliphatic rings. The van der Waals surface area contributed by atoms with E-state index in [0.29, 0.717) is 16.6 Å². The second-order valence-corrected chi connectivity index (χ2v) is 8.86. The van der Waals surface area contributed by atoms with Gasteiger partial charge in [-0.05, 0) is 25.5 Å². The molecule has 4 heterocycles. The third-order valence-electron chi connectivity index (χ3n) is 5.65. The number of H-pyrrole nitrogens is 1. The number of aromatic amines is 1. The van der Waals surface area contributed by atoms with Crippen molar-refractivity contribution < 1.29 is 22.3 Å². The minimum Gasteiger partial charge on any atom is -0.475 e. The van der Waals surface area contributed by atoms with E-state index in [1.807, 2.05) is 0 Å². The molecule has 1 N–H and O–H groups in total. The monoisotopic (exact) mass is 527 g/mol. The molecule has 5 aromatic rings. The number of alkyl halides is 3. The van der Waals surface area contributed by atoms with Crippen LogP contribution in [0.4, 0.5) is 17.6 Å². The van der Waals surface area contributed by atoms with Crippen molar-refractivity contribution in [1.82, 2.24) is 34.1 Å². The van der Waals surface area contributed by atoms with Crippen LogP contribution < -0.4 is 10.4 Å². The first-order chi connectivity index (χ1) is 18.0. The lowest BCUT2D eigenvalue weighted by atomic mass is 10.1. The van der Waals surface area contributed by atoms with E-state index in [1.54, 1.807) is 38.1 Å². The topological polar surface area (TPSA) is 104 Å². The highest BCUT2D eigenvalue weighted by atomic mass is 19.4. The third-order valence-corrected chi connectivity index (χ3v) is 5.65. The zero-order valence-corrected chi connectivity index (χ0v) is 20.4. The van der Waals surface area contributed by atoms with Crippen LogP contribution >= 0.6 is 0 Å². The number of nitrogens with one attached hydrogen (secondary N) is 1. The quantitative estimate of drug-likeness (QED) is 0.256. The lowest BCUT2D eigenvalue weighted by molar-refractivity contribution is -0.140. The molecular weight excluding hydrogens is 506 g/mol. The maximum Gasteiger partial charge on any atom is 0.434 e. The summed E-state index contributed by atoms with van der Waals surface area (Å²) in [6, 6.07) is 9.58. The molecule has 0 aliphatic heterocycles. The number of hydrogen-bond acceptors (Lipinski definition) is 6. The number of hydrogen-bond donors (Lipinski definition) is 1. The lowest BCUT2D eigenvalue weighted by Crippen LogP contribution is -2.17. The van der Waals surface area contributed by atoms with Crippen molar-refractivity contribution in [2.75, 3.05) is 0 Å². The molecule has 0 unspecified atom stereocenters. The Morgan fingerprint density at radius 1 is 1.05 bits per heavy atom. The Labute approximate surface area is 212 Å². The van der Waals surface area contributed by atoms with E-state index in [4.69, 9.17) is 4.74 Å². The molecule has 13 heteroatoms. The van der Waals surface area contributed by atoms with E-state index < -0.39 is 23.5 Å². The molecule has 0 bridgehead atoms. The Hall–Kier alpha value is -4.55. The van der Waals surface area contributed by atoms with Gasteiger partial charge < -0.3 is 14.3 Å². The average Bonchev–Trinajstić information content (AvgIpc) is 3.39. The largest absolute Gasteiger partial charge is 0.475 e. The molecule has 196 valence electrons. The first-order valence-corrected chi connectivity index (χ1v) is 11.5. The average molecular weight is 527 g/mol. The summed E-state index contributed by atoms with van der Waals surface area (Å²) in [7, 11) is 1.48. The minimum atomic E-state index is -4.55. The van der Waals surface area contributed by atoms with Crippen molar-refractivity contribution in [2.45, 2.75) is 32.7 Å². The molecule has 0 fully saturated rings. The van der Waals surface area contributed by atoms with Crippen LogP contribution in [0.3, 0.4) is 0 Å². The molecular formula is C25H21F4N7O2. The molecule has 0 atom stereocenters. The van der Waals surface area contributed by atoms with Gasteiger partial charge in [0, 0.05) is 24.9 Å². The first-order valence-electron chi connectivity index (χ1n) is 11.5. The van der Waals surface area contributed by atoms with E-state index in [2.05, 4.69) is 24.9 Å². The summed E-state index contributed by atoms with van der Waals surface area (Å²) in [5.74, 6) is -0.488. The Balaban J connectivity index is 1.44. The van der Waals surface area contributed by atoms with E-state index in [9.17, 15) is 22.4 Å². The summed E-state index contributed by atoms with van der Waals surface area (Å²) in [6.45, 7) is 3.70. The smallest absolute Gasteiger partial charge is 0.434 e. The van der Waals surface area contributed by atoms with Gasteiger partial charge in [0.1, 0.15) is 11.3 Å². The molecule has 9 nitrogen and oxygen atoms in total. The van der Waals surface area contributed by atoms with Gasteiger partial charge in [-0.15, -0.1) is 0 Å². The van der Waals surface area contributed by atoms with Crippen molar-refractivity contribution >= 4 is 11.2 Å². The number of benzene rings is 1. The van der Waals surface area contributed by atoms with Gasteiger partial charge in [0.15, 0.2) is 17.2 Å². The summed E-state index contributed by atoms with van der Waals surface area (Å²) in [4.78, 5) is 31.4. The highest BCUT2D eigenvalue weighted by Gasteiger charge is 2.34. The third kappa shape index (κ3) is 4.86. The van der Waals surface area contributed by atoms with Crippen LogP contribution in [0.25, 0.3) is 33.9 Å². The van der Waals surface area contributed by atoms with Gasteiger partial charge in [0.25, 0.3) is 0 Å². The number of halogens is 4. The Morgan fingerprint density at radius 3 is 2.42 bits per heavy atom. The number of aromatic nitrogens is 7. The van der Waals surface area contributed by atoms with E-state index in [0.717, 1.165) is 6.20 Å². The molecule has 0 radical (unpaired) electrons. The SMILES string of the molecule is CC(C)Oc1ccc(-c2ncc3[nH]c(=O)n(Cc4ccc(-c5nc(C(F)(F)F)cn5C)cc4)c3n2)c(F)n1. The fourth-order valence-corrected chi connectivity index (χ4v) is 3.93. The minimum absolute atomic E-state index is 0.0388. The van der Waals surface area contributed by atoms with E-state index in [-0.39, 0.29) is 41.4 Å². The highest BCUT2D eigenvalue weighted by molar-refractivity contribution is 5.73. The number of ether oxygens (including phenoxy) is 1. The number of aryl methyl sites for hydroxylation is 1. The predicted molar refractivity (Wildman–Crippen MR) is 130 cm³/mol. The van der Waals surface area contributed by atoms with Crippen LogP contribution in [0.5, 0.6) is 5.88 Å². The molecule has 0 saturated heterocycles. The van der Waals surface area contributed by atoms with E-state index >= 15 is 0 Å². The normalized spacial score (nSPS) is 12.0. The van der Waals surface area contributed by atoms with Crippen molar-refractivity contribution in [3.05, 3.63) is 76.5 Å². The summed E-state index contributed by atoms with van der Waals surface area (Å²) >= 11 is 0. The molecule has 38 heavy (non-hydrogen) atoms. The van der Waals surface area contributed by atoms with Gasteiger partial charge in [0.05, 0.1) is 24.4 Å². The van der Waals surface area contributed by atoms with Gasteiger partial charge in [0.2, 0.25) is 11.8 Å². The molecule has 0 amide bonds. The molecule has 5 rings (SSSR count). The Bertz CT molecular complexity index is 1690. The fourth-order valence-electron chi connectivity index (χ4n) is 3.93. The predicted octanol–water partition coefficient (Wildman–Crippen LogP) is 4.58. The van der Waals surface area contributed by atoms with Crippen LogP contribution in [0.2, 0.25) is 0 Å². The standard InChI is InChI=1S/C25H21F4N7O2/c1-13(2)38-19-9-8-16(20(26)33-19)21-30-10-17-23(34-21)36(24(37)31-17)11-14-4-6-15(7-5-14)22-32-18(12-35(22)3)25(27,28)29/h4-10,12-13H,11H2,1-3H3,(H,31,37). The molecule has 0 aliphatic carbocycles. The van der Waals surface area contributed by atoms with Crippen LogP contribution in [0.1, 0.15) is 25.1 Å². The molecule has 0 spiro atoms. The second-order valence-electron chi connectivity index (χ2n) is 8.86. The van der Waals surface area contributed by atoms with Gasteiger partial charge in [-0.2, -0.15) is 22.5 Å². The second kappa shape index (κ2) is 9.39. The van der Waals surface area contributed by atoms with Crippen molar-refractivity contribution in [3.63, 3.8) is 0 Å². The Morgan fingerprint density at radius 2 is 1.79 bits per heavy atom. The van der Waals surface area contributed by atoms with Crippen molar-refractivity contribution in [1.29, 1.82) is 0 Å². The lowest BCUT2D eigenvalue weighted by Gasteiger charge is -2.09. The van der Waals surface area contributed by atoms with Gasteiger partial charge in [-0.1, -0.05) is 24.3 Å². The maximum atomic E-state index is 14.7. The van der Waals surface area contributed by atoms with Crippen LogP contribution in [-0.4, -0.2) is 40.2 Å². The summed E-state index contributed by atoms with van der Waals surface area (Å²) in [5, 5.41) is 0. The molecule has 1 aromatic carbocycles. The fraction of sp³-hybridized carbons (Fsp3) is 0.240. The van der Waals surface area contributed by atoms with Gasteiger partial charge >= 0.3 is 11.9 Å². The first kappa shape index (κ1) is 25.1. The Kier molecular flexibility index (Phi) is 6.21. The molecule has 0 saturated carbocycles. The van der Waals surface area contributed by atoms with Crippen molar-refractivity contribution in [3.8, 4) is 28.7 Å². The number of fused-ring (bicyclic) bond motifs is 1. The summed E-state index contributed by atoms with van der Waals surface area (Å²) in [6.07, 6.45) is -2.41. The number of nitrogens with zero attached hydrogens (tertiary/aromatic N) is 6. The number of imidazole rings is 2. The van der Waals surface area contributed by atoms with E-state index in [1.165, 1.54) is 34.5 Å². The van der Waals surface area contributed by atoms with Gasteiger partial charge in [-0.25, -0.2) is 19.7 Å². The van der Waals surface area contributed by atoms with Crippen LogP contribution in [-0.2, 0) is 19.8 Å². The highest BCUT2D eigenvalue weighted by Crippen LogP contribution is 2.30. The zero-order chi connectivity index (χ0) is 27.2. The molecule has 4 aromatic heterocycles. The summed E-state index contributed by atoms with van der Waals surface area (Å²) in [5.41, 5.74) is 0.394. The van der Waals surface area contributed by atoms with Crippen molar-refractivity contribution in [2.24, 2.45) is 7.05 Å². The maximum absolute atomic E-state index is 14.7. The van der Waals surface area contributed by atoms with Crippen LogP contribution in [0, 0.1) is 5.95 Å². The van der Waals surface area contributed by atoms with Crippen LogP contribution in [0.15, 0.2) is 53.6 Å². The van der Waals surface area contributed by atoms with Gasteiger partial charge in [-0.3, -0.25) is 4.57 Å². The number of rotatable bonds is 6. The summed E-state index contributed by atoms with van der Waals surface area (Å²) < 4.78 is 61.8.